The third-order valence-corrected chi connectivity index (χ3v) is 9.83. The van der Waals surface area contributed by atoms with E-state index in [2.05, 4.69) is 54.9 Å². The molecule has 3 rings (SSSR count). The minimum atomic E-state index is -1.12. The number of carboxylic acids is 1. The number of carbonyl (C=O) groups excluding carboxylic acids is 1. The fraction of sp³-hybridized carbons (Fsp3) is 0.517. The summed E-state index contributed by atoms with van der Waals surface area (Å²) in [5, 5.41) is 42.6. The van der Waals surface area contributed by atoms with E-state index in [1.807, 2.05) is 6.07 Å². The van der Waals surface area contributed by atoms with Gasteiger partial charge in [-0.2, -0.15) is 0 Å². The summed E-state index contributed by atoms with van der Waals surface area (Å²) in [7, 11) is -0.659. The van der Waals surface area contributed by atoms with Crippen molar-refractivity contribution in [3.63, 3.8) is 0 Å². The van der Waals surface area contributed by atoms with Gasteiger partial charge in [-0.05, 0) is 74.1 Å². The lowest BCUT2D eigenvalue weighted by Gasteiger charge is -2.42. The van der Waals surface area contributed by atoms with Crippen LogP contribution >= 0.6 is 10.9 Å². The Bertz CT molecular complexity index is 1090. The van der Waals surface area contributed by atoms with Gasteiger partial charge in [-0.1, -0.05) is 42.5 Å². The van der Waals surface area contributed by atoms with Crippen molar-refractivity contribution in [1.29, 1.82) is 0 Å². The first-order valence-corrected chi connectivity index (χ1v) is 14.8. The average molecular weight is 532 g/mol. The molecule has 8 heteroatoms. The van der Waals surface area contributed by atoms with Gasteiger partial charge in [-0.3, -0.25) is 9.59 Å². The predicted octanol–water partition coefficient (Wildman–Crippen LogP) is 2.90. The zero-order valence-corrected chi connectivity index (χ0v) is 23.0. The fourth-order valence-electron chi connectivity index (χ4n) is 4.69. The molecule has 0 bridgehead atoms. The molecule has 2 aromatic rings. The number of aryl methyl sites for hydroxylation is 2. The molecule has 1 unspecified atom stereocenters. The molecule has 1 saturated heterocycles. The summed E-state index contributed by atoms with van der Waals surface area (Å²) in [5.41, 5.74) is 4.66. The molecule has 5 atom stereocenters. The molecule has 0 saturated carbocycles. The van der Waals surface area contributed by atoms with E-state index in [1.165, 1.54) is 5.56 Å². The largest absolute Gasteiger partial charge is 0.481 e. The van der Waals surface area contributed by atoms with Gasteiger partial charge in [0.25, 0.3) is 0 Å². The Morgan fingerprint density at radius 1 is 1.03 bits per heavy atom. The van der Waals surface area contributed by atoms with Crippen molar-refractivity contribution in [2.45, 2.75) is 70.0 Å². The predicted molar refractivity (Wildman–Crippen MR) is 148 cm³/mol. The van der Waals surface area contributed by atoms with Gasteiger partial charge in [0.2, 0.25) is 5.91 Å². The van der Waals surface area contributed by atoms with Crippen LogP contribution in [-0.2, 0) is 22.4 Å². The zero-order chi connectivity index (χ0) is 27.3. The standard InChI is InChI=1S/C29H41NO6S/c1-18-8-13-21(27-26(34)25(33)23(31)16-37(27)4)15-22(18)14-20-11-9-19(10-12-20)6-5-7-24(32)30-17-29(2,3)28(35)36/h8-13,15,23,25-27,31,33-34,37H,5-7,14,16-17H2,1-4H3,(H,30,32)(H,35,36)/t23-,25-,26-,27+/m1/s1. The number of aliphatic carboxylic acids is 1. The van der Waals surface area contributed by atoms with Crippen molar-refractivity contribution in [2.24, 2.45) is 5.41 Å². The second-order valence-corrected chi connectivity index (χ2v) is 13.4. The van der Waals surface area contributed by atoms with Gasteiger partial charge in [0.05, 0.1) is 17.6 Å². The number of carbonyl (C=O) groups is 2. The lowest BCUT2D eigenvalue weighted by atomic mass is 9.93. The Kier molecular flexibility index (Phi) is 9.80. The first-order valence-electron chi connectivity index (χ1n) is 12.8. The summed E-state index contributed by atoms with van der Waals surface area (Å²) in [4.78, 5) is 23.2. The molecule has 1 aliphatic heterocycles. The summed E-state index contributed by atoms with van der Waals surface area (Å²) < 4.78 is 0. The van der Waals surface area contributed by atoms with Crippen molar-refractivity contribution in [1.82, 2.24) is 5.32 Å². The van der Waals surface area contributed by atoms with E-state index in [4.69, 9.17) is 5.11 Å². The number of nitrogens with one attached hydrogen (secondary N) is 1. The Morgan fingerprint density at radius 3 is 2.32 bits per heavy atom. The maximum Gasteiger partial charge on any atom is 0.310 e. The molecule has 1 aliphatic rings. The van der Waals surface area contributed by atoms with Gasteiger partial charge < -0.3 is 25.7 Å². The molecular formula is C29H41NO6S. The highest BCUT2D eigenvalue weighted by Crippen LogP contribution is 2.48. The number of amides is 1. The highest BCUT2D eigenvalue weighted by Gasteiger charge is 2.40. The van der Waals surface area contributed by atoms with Gasteiger partial charge in [0, 0.05) is 24.0 Å². The van der Waals surface area contributed by atoms with Gasteiger partial charge in [0.15, 0.2) is 0 Å². The Labute approximate surface area is 222 Å². The Balaban J connectivity index is 1.56. The smallest absolute Gasteiger partial charge is 0.310 e. The van der Waals surface area contributed by atoms with Crippen LogP contribution < -0.4 is 5.32 Å². The number of hydrogen-bond acceptors (Lipinski definition) is 5. The van der Waals surface area contributed by atoms with Gasteiger partial charge in [0.1, 0.15) is 6.10 Å². The number of carboxylic acid groups (broad SMARTS) is 1. The number of rotatable bonds is 10. The summed E-state index contributed by atoms with van der Waals surface area (Å²) in [6, 6.07) is 14.6. The molecule has 204 valence electrons. The van der Waals surface area contributed by atoms with Crippen LogP contribution in [0.3, 0.4) is 0 Å². The Morgan fingerprint density at radius 2 is 1.68 bits per heavy atom. The van der Waals surface area contributed by atoms with Crippen LogP contribution in [0, 0.1) is 12.3 Å². The van der Waals surface area contributed by atoms with E-state index in [-0.39, 0.29) is 17.7 Å². The van der Waals surface area contributed by atoms with Crippen LogP contribution in [0.25, 0.3) is 0 Å². The third kappa shape index (κ3) is 7.57. The van der Waals surface area contributed by atoms with E-state index < -0.39 is 40.6 Å². The molecule has 1 amide bonds. The van der Waals surface area contributed by atoms with E-state index in [0.29, 0.717) is 18.6 Å². The summed E-state index contributed by atoms with van der Waals surface area (Å²) in [5.74, 6) is -0.553. The summed E-state index contributed by atoms with van der Waals surface area (Å²) in [6.07, 6.45) is 1.65. The second-order valence-electron chi connectivity index (χ2n) is 10.9. The molecule has 2 aromatic carbocycles. The average Bonchev–Trinajstić information content (AvgIpc) is 2.84. The topological polar surface area (TPSA) is 127 Å². The van der Waals surface area contributed by atoms with Gasteiger partial charge >= 0.3 is 5.97 Å². The van der Waals surface area contributed by atoms with E-state index in [0.717, 1.165) is 35.1 Å². The first kappa shape index (κ1) is 29.2. The molecule has 5 N–H and O–H groups in total. The van der Waals surface area contributed by atoms with E-state index in [9.17, 15) is 24.9 Å². The van der Waals surface area contributed by atoms with Gasteiger partial charge in [-0.15, -0.1) is 0 Å². The molecular weight excluding hydrogens is 490 g/mol. The molecule has 7 nitrogen and oxygen atoms in total. The lowest BCUT2D eigenvalue weighted by molar-refractivity contribution is -0.146. The van der Waals surface area contributed by atoms with Crippen molar-refractivity contribution < 1.29 is 30.0 Å². The molecule has 0 aliphatic carbocycles. The molecule has 1 fully saturated rings. The monoisotopic (exact) mass is 531 g/mol. The SMILES string of the molecule is Cc1ccc([C@H]2[C@H](O)[C@H](O)[C@H](O)C[SH]2C)cc1Cc1ccc(CCCC(=O)NCC(C)(C)C(=O)O)cc1. The number of aliphatic hydroxyl groups is 3. The third-order valence-electron chi connectivity index (χ3n) is 7.33. The molecule has 0 radical (unpaired) electrons. The number of aliphatic hydroxyl groups excluding tert-OH is 3. The molecule has 0 spiro atoms. The quantitative estimate of drug-likeness (QED) is 0.262. The van der Waals surface area contributed by atoms with Crippen LogP contribution in [0.1, 0.15) is 59.8 Å². The maximum absolute atomic E-state index is 12.1. The van der Waals surface area contributed by atoms with Crippen molar-refractivity contribution in [3.05, 3.63) is 70.3 Å². The Hall–Kier alpha value is -2.39. The van der Waals surface area contributed by atoms with Crippen LogP contribution in [0.5, 0.6) is 0 Å². The minimum absolute atomic E-state index is 0.110. The lowest BCUT2D eigenvalue weighted by Crippen LogP contribution is -2.47. The number of hydrogen-bond donors (Lipinski definition) is 6. The number of benzene rings is 2. The van der Waals surface area contributed by atoms with Crippen LogP contribution in [0.2, 0.25) is 0 Å². The maximum atomic E-state index is 12.1. The second kappa shape index (κ2) is 12.4. The van der Waals surface area contributed by atoms with Crippen LogP contribution in [0.15, 0.2) is 42.5 Å². The molecule has 1 heterocycles. The molecule has 37 heavy (non-hydrogen) atoms. The summed E-state index contributed by atoms with van der Waals surface area (Å²) in [6.45, 7) is 5.36. The zero-order valence-electron chi connectivity index (χ0n) is 22.1. The fourth-order valence-corrected chi connectivity index (χ4v) is 7.09. The van der Waals surface area contributed by atoms with Crippen LogP contribution in [0.4, 0.5) is 0 Å². The highest BCUT2D eigenvalue weighted by molar-refractivity contribution is 8.16. The van der Waals surface area contributed by atoms with Crippen molar-refractivity contribution in [2.75, 3.05) is 18.6 Å². The highest BCUT2D eigenvalue weighted by atomic mass is 32.2. The van der Waals surface area contributed by atoms with Crippen LogP contribution in [-0.4, -0.2) is 69.2 Å². The van der Waals surface area contributed by atoms with Crippen molar-refractivity contribution >= 4 is 22.8 Å². The van der Waals surface area contributed by atoms with E-state index >= 15 is 0 Å². The van der Waals surface area contributed by atoms with E-state index in [1.54, 1.807) is 13.8 Å². The number of thiol groups is 1. The van der Waals surface area contributed by atoms with Gasteiger partial charge in [-0.25, -0.2) is 10.9 Å². The minimum Gasteiger partial charge on any atom is -0.481 e. The normalized spacial score (nSPS) is 25.0. The summed E-state index contributed by atoms with van der Waals surface area (Å²) >= 11 is 0. The first-order chi connectivity index (χ1) is 17.4. The molecule has 0 aromatic heterocycles. The van der Waals surface area contributed by atoms with Crippen molar-refractivity contribution in [3.8, 4) is 0 Å².